The molecule has 1 unspecified atom stereocenters. The van der Waals surface area contributed by atoms with Gasteiger partial charge in [0.05, 0.1) is 31.0 Å². The summed E-state index contributed by atoms with van der Waals surface area (Å²) in [7, 11) is 1.56. The van der Waals surface area contributed by atoms with Gasteiger partial charge in [0.25, 0.3) is 0 Å². The van der Waals surface area contributed by atoms with E-state index in [1.165, 1.54) is 0 Å². The van der Waals surface area contributed by atoms with E-state index in [0.29, 0.717) is 37.4 Å². The van der Waals surface area contributed by atoms with Crippen molar-refractivity contribution in [3.05, 3.63) is 41.7 Å². The van der Waals surface area contributed by atoms with E-state index in [1.807, 2.05) is 12.1 Å². The molecule has 1 N–H and O–H groups in total. The zero-order chi connectivity index (χ0) is 16.3. The van der Waals surface area contributed by atoms with Gasteiger partial charge >= 0.3 is 0 Å². The number of hydrogen-bond donors (Lipinski definition) is 1. The Bertz CT molecular complexity index is 710. The summed E-state index contributed by atoms with van der Waals surface area (Å²) in [6, 6.07) is 7.69. The van der Waals surface area contributed by atoms with Crippen molar-refractivity contribution in [2.24, 2.45) is 0 Å². The van der Waals surface area contributed by atoms with Crippen molar-refractivity contribution >= 4 is 0 Å². The van der Waals surface area contributed by atoms with E-state index < -0.39 is 5.60 Å². The van der Waals surface area contributed by atoms with Crippen molar-refractivity contribution in [3.8, 4) is 11.8 Å². The summed E-state index contributed by atoms with van der Waals surface area (Å²) in [6.45, 7) is 2.55. The van der Waals surface area contributed by atoms with Gasteiger partial charge in [-0.1, -0.05) is 11.3 Å². The van der Waals surface area contributed by atoms with Gasteiger partial charge in [-0.3, -0.25) is 4.90 Å². The fourth-order valence-corrected chi connectivity index (χ4v) is 3.01. The molecule has 1 aromatic carbocycles. The van der Waals surface area contributed by atoms with E-state index >= 15 is 0 Å². The first kappa shape index (κ1) is 15.5. The lowest BCUT2D eigenvalue weighted by Gasteiger charge is -2.23. The van der Waals surface area contributed by atoms with Crippen molar-refractivity contribution in [1.82, 2.24) is 19.9 Å². The number of hydrogen-bond acceptors (Lipinski definition) is 6. The summed E-state index contributed by atoms with van der Waals surface area (Å²) in [5.41, 5.74) is 0.802. The molecule has 1 saturated heterocycles. The first-order valence-corrected chi connectivity index (χ1v) is 7.48. The highest BCUT2D eigenvalue weighted by atomic mass is 16.5. The van der Waals surface area contributed by atoms with E-state index in [9.17, 15) is 5.11 Å². The normalized spacial score (nSPS) is 21.3. The number of β-amino-alcohol motifs (C(OH)–C–C–N with tert-alkyl or cyclic N) is 1. The molecule has 7 heteroatoms. The number of ether oxygens (including phenoxy) is 1. The number of aliphatic hydroxyl groups is 1. The predicted molar refractivity (Wildman–Crippen MR) is 82.6 cm³/mol. The monoisotopic (exact) mass is 313 g/mol. The molecule has 1 fully saturated rings. The van der Waals surface area contributed by atoms with Crippen LogP contribution in [0.25, 0.3) is 0 Å². The summed E-state index contributed by atoms with van der Waals surface area (Å²) < 4.78 is 6.90. The topological polar surface area (TPSA) is 87.2 Å². The van der Waals surface area contributed by atoms with E-state index in [1.54, 1.807) is 30.3 Å². The van der Waals surface area contributed by atoms with Crippen LogP contribution < -0.4 is 4.74 Å². The minimum atomic E-state index is -0.787. The van der Waals surface area contributed by atoms with Crippen molar-refractivity contribution in [2.75, 3.05) is 20.2 Å². The Morgan fingerprint density at radius 2 is 2.35 bits per heavy atom. The molecule has 0 saturated carbocycles. The number of nitriles is 1. The third-order valence-corrected chi connectivity index (χ3v) is 4.13. The Labute approximate surface area is 134 Å². The van der Waals surface area contributed by atoms with Crippen LogP contribution in [-0.4, -0.2) is 50.8 Å². The molecular weight excluding hydrogens is 294 g/mol. The molecule has 0 radical (unpaired) electrons. The van der Waals surface area contributed by atoms with Crippen LogP contribution in [0.15, 0.2) is 30.6 Å². The minimum Gasteiger partial charge on any atom is -0.495 e. The van der Waals surface area contributed by atoms with E-state index in [2.05, 4.69) is 21.3 Å². The van der Waals surface area contributed by atoms with E-state index in [0.717, 1.165) is 12.1 Å². The average Bonchev–Trinajstić information content (AvgIpc) is 3.17. The molecule has 1 aromatic heterocycles. The Kier molecular flexibility index (Phi) is 4.28. The number of benzene rings is 1. The Hall–Kier alpha value is -2.43. The third-order valence-electron chi connectivity index (χ3n) is 4.13. The second-order valence-corrected chi connectivity index (χ2v) is 5.93. The lowest BCUT2D eigenvalue weighted by Crippen LogP contribution is -2.37. The van der Waals surface area contributed by atoms with Crippen LogP contribution in [-0.2, 0) is 13.1 Å². The van der Waals surface area contributed by atoms with Crippen molar-refractivity contribution in [2.45, 2.75) is 25.1 Å². The van der Waals surface area contributed by atoms with Gasteiger partial charge in [-0.15, -0.1) is 5.10 Å². The Morgan fingerprint density at radius 3 is 3.04 bits per heavy atom. The summed E-state index contributed by atoms with van der Waals surface area (Å²) in [4.78, 5) is 2.19. The second-order valence-electron chi connectivity index (χ2n) is 5.93. The van der Waals surface area contributed by atoms with E-state index in [4.69, 9.17) is 10.00 Å². The maximum absolute atomic E-state index is 10.7. The van der Waals surface area contributed by atoms with Crippen LogP contribution in [0, 0.1) is 11.3 Å². The number of nitrogens with zero attached hydrogens (tertiary/aromatic N) is 5. The van der Waals surface area contributed by atoms with Gasteiger partial charge in [-0.25, -0.2) is 4.68 Å². The van der Waals surface area contributed by atoms with Gasteiger partial charge in [0.2, 0.25) is 0 Å². The molecule has 0 spiro atoms. The number of aromatic nitrogens is 3. The smallest absolute Gasteiger partial charge is 0.136 e. The van der Waals surface area contributed by atoms with E-state index in [-0.39, 0.29) is 0 Å². The van der Waals surface area contributed by atoms with Gasteiger partial charge < -0.3 is 9.84 Å². The first-order chi connectivity index (χ1) is 11.1. The summed E-state index contributed by atoms with van der Waals surface area (Å²) in [5.74, 6) is 0.585. The molecule has 1 aliphatic heterocycles. The highest BCUT2D eigenvalue weighted by Crippen LogP contribution is 2.26. The van der Waals surface area contributed by atoms with Gasteiger partial charge in [0.15, 0.2) is 0 Å². The third kappa shape index (κ3) is 3.50. The number of likely N-dealkylation sites (tertiary alicyclic amines) is 1. The highest BCUT2D eigenvalue weighted by molar-refractivity contribution is 5.45. The van der Waals surface area contributed by atoms with Crippen LogP contribution in [0.2, 0.25) is 0 Å². The molecule has 0 aliphatic carbocycles. The SMILES string of the molecule is COc1cc(CN2CCC(O)(Cn3ccnn3)C2)ccc1C#N. The molecule has 0 bridgehead atoms. The molecular formula is C16H19N5O2. The van der Waals surface area contributed by atoms with Crippen molar-refractivity contribution < 1.29 is 9.84 Å². The predicted octanol–water partition coefficient (Wildman–Crippen LogP) is 0.795. The standard InChI is InChI=1S/C16H19N5O2/c1-23-15-8-13(2-3-14(15)9-17)10-20-6-4-16(22,11-20)12-21-7-5-18-19-21/h2-3,5,7-8,22H,4,6,10-12H2,1H3. The van der Waals surface area contributed by atoms with Crippen LogP contribution in [0.1, 0.15) is 17.5 Å². The molecule has 3 rings (SSSR count). The Morgan fingerprint density at radius 1 is 1.48 bits per heavy atom. The molecule has 2 heterocycles. The lowest BCUT2D eigenvalue weighted by molar-refractivity contribution is 0.0274. The second kappa shape index (κ2) is 6.36. The van der Waals surface area contributed by atoms with Crippen molar-refractivity contribution in [3.63, 3.8) is 0 Å². The molecule has 1 atom stereocenters. The average molecular weight is 313 g/mol. The zero-order valence-electron chi connectivity index (χ0n) is 13.0. The summed E-state index contributed by atoms with van der Waals surface area (Å²) >= 11 is 0. The molecule has 2 aromatic rings. The molecule has 1 aliphatic rings. The van der Waals surface area contributed by atoms with Crippen LogP contribution in [0.4, 0.5) is 0 Å². The number of methoxy groups -OCH3 is 1. The molecule has 7 nitrogen and oxygen atoms in total. The minimum absolute atomic E-state index is 0.445. The van der Waals surface area contributed by atoms with Gasteiger partial charge in [0, 0.05) is 25.8 Å². The van der Waals surface area contributed by atoms with Crippen LogP contribution in [0.3, 0.4) is 0 Å². The maximum Gasteiger partial charge on any atom is 0.136 e. The largest absolute Gasteiger partial charge is 0.495 e. The van der Waals surface area contributed by atoms with Gasteiger partial charge in [-0.2, -0.15) is 5.26 Å². The first-order valence-electron chi connectivity index (χ1n) is 7.48. The number of rotatable bonds is 5. The summed E-state index contributed by atoms with van der Waals surface area (Å²) in [6.07, 6.45) is 4.06. The highest BCUT2D eigenvalue weighted by Gasteiger charge is 2.36. The Balaban J connectivity index is 1.65. The maximum atomic E-state index is 10.7. The van der Waals surface area contributed by atoms with Gasteiger partial charge in [0.1, 0.15) is 11.8 Å². The van der Waals surface area contributed by atoms with Gasteiger partial charge in [-0.05, 0) is 24.1 Å². The van der Waals surface area contributed by atoms with Crippen LogP contribution in [0.5, 0.6) is 5.75 Å². The molecule has 120 valence electrons. The fraction of sp³-hybridized carbons (Fsp3) is 0.438. The van der Waals surface area contributed by atoms with Crippen molar-refractivity contribution in [1.29, 1.82) is 5.26 Å². The zero-order valence-corrected chi connectivity index (χ0v) is 13.0. The van der Waals surface area contributed by atoms with Crippen LogP contribution >= 0.6 is 0 Å². The molecule has 0 amide bonds. The lowest BCUT2D eigenvalue weighted by atomic mass is 10.0. The quantitative estimate of drug-likeness (QED) is 0.878. The fourth-order valence-electron chi connectivity index (χ4n) is 3.01. The molecule has 23 heavy (non-hydrogen) atoms. The summed E-state index contributed by atoms with van der Waals surface area (Å²) in [5, 5.41) is 27.4.